The van der Waals surface area contributed by atoms with Crippen LogP contribution in [0.4, 0.5) is 0 Å². The van der Waals surface area contributed by atoms with E-state index in [4.69, 9.17) is 4.42 Å². The number of hydrogen-bond acceptors (Lipinski definition) is 1. The van der Waals surface area contributed by atoms with Gasteiger partial charge in [-0.15, -0.1) is 0 Å². The number of aryl methyl sites for hydroxylation is 1. The minimum Gasteiger partial charge on any atom is -0.472 e. The van der Waals surface area contributed by atoms with E-state index in [9.17, 15) is 0 Å². The largest absolute Gasteiger partial charge is 0.472 e. The Kier molecular flexibility index (Phi) is 3.32. The molecule has 78 valence electrons. The van der Waals surface area contributed by atoms with Gasteiger partial charge in [0.2, 0.25) is 0 Å². The fraction of sp³-hybridized carbons (Fsp3) is 0.667. The average molecular weight is 257 g/mol. The Hall–Kier alpha value is -0.240. The summed E-state index contributed by atoms with van der Waals surface area (Å²) in [7, 11) is 0. The van der Waals surface area contributed by atoms with Crippen LogP contribution in [0, 0.1) is 6.92 Å². The summed E-state index contributed by atoms with van der Waals surface area (Å²) in [5, 5.41) is 0. The maximum atomic E-state index is 5.26. The average Bonchev–Trinajstić information content (AvgIpc) is 2.45. The molecule has 0 aromatic carbocycles. The van der Waals surface area contributed by atoms with Crippen LogP contribution in [-0.4, -0.2) is 4.83 Å². The van der Waals surface area contributed by atoms with Crippen molar-refractivity contribution >= 4 is 15.9 Å². The summed E-state index contributed by atoms with van der Waals surface area (Å²) in [5.41, 5.74) is 2.74. The van der Waals surface area contributed by atoms with Crippen molar-refractivity contribution < 1.29 is 4.42 Å². The summed E-state index contributed by atoms with van der Waals surface area (Å²) in [6.45, 7) is 2.15. The normalized spacial score (nSPS) is 28.7. The minimum absolute atomic E-state index is 0.698. The second-order valence-corrected chi connectivity index (χ2v) is 5.62. The molecule has 0 N–H and O–H groups in total. The fourth-order valence-electron chi connectivity index (χ4n) is 2.37. The van der Waals surface area contributed by atoms with Crippen molar-refractivity contribution in [3.05, 3.63) is 23.7 Å². The molecule has 0 bridgehead atoms. The molecule has 2 heteroatoms. The van der Waals surface area contributed by atoms with Crippen molar-refractivity contribution in [2.45, 2.75) is 49.8 Å². The third-order valence-electron chi connectivity index (χ3n) is 3.20. The lowest BCUT2D eigenvalue weighted by atomic mass is 9.92. The van der Waals surface area contributed by atoms with Crippen molar-refractivity contribution in [1.82, 2.24) is 0 Å². The summed E-state index contributed by atoms with van der Waals surface area (Å²) in [5.74, 6) is 0.709. The van der Waals surface area contributed by atoms with Crippen LogP contribution in [-0.2, 0) is 0 Å². The molecule has 1 aromatic heterocycles. The maximum absolute atomic E-state index is 5.26. The molecule has 0 aliphatic heterocycles. The van der Waals surface area contributed by atoms with E-state index in [1.165, 1.54) is 43.2 Å². The first-order valence-corrected chi connectivity index (χ1v) is 6.35. The molecule has 2 unspecified atom stereocenters. The number of alkyl halides is 1. The SMILES string of the molecule is Cc1cocc1C1CCCCC(Br)C1. The summed E-state index contributed by atoms with van der Waals surface area (Å²) in [6.07, 6.45) is 10.4. The zero-order valence-electron chi connectivity index (χ0n) is 8.63. The molecule has 1 nitrogen and oxygen atoms in total. The molecule has 1 fully saturated rings. The monoisotopic (exact) mass is 256 g/mol. The van der Waals surface area contributed by atoms with Crippen molar-refractivity contribution in [2.75, 3.05) is 0 Å². The van der Waals surface area contributed by atoms with Gasteiger partial charge < -0.3 is 4.42 Å². The summed E-state index contributed by atoms with van der Waals surface area (Å²) < 4.78 is 5.26. The lowest BCUT2D eigenvalue weighted by Crippen LogP contribution is -2.03. The predicted octanol–water partition coefficient (Wildman–Crippen LogP) is 4.40. The highest BCUT2D eigenvalue weighted by atomic mass is 79.9. The van der Waals surface area contributed by atoms with Crippen LogP contribution in [0.3, 0.4) is 0 Å². The zero-order chi connectivity index (χ0) is 9.97. The van der Waals surface area contributed by atoms with Gasteiger partial charge in [0.1, 0.15) is 0 Å². The molecule has 14 heavy (non-hydrogen) atoms. The molecule has 2 rings (SSSR count). The second kappa shape index (κ2) is 4.52. The topological polar surface area (TPSA) is 13.1 Å². The van der Waals surface area contributed by atoms with Crippen LogP contribution in [0.2, 0.25) is 0 Å². The highest BCUT2D eigenvalue weighted by molar-refractivity contribution is 9.09. The minimum atomic E-state index is 0.698. The van der Waals surface area contributed by atoms with Crippen LogP contribution in [0.15, 0.2) is 16.9 Å². The molecule has 0 spiro atoms. The summed E-state index contributed by atoms with van der Waals surface area (Å²) in [4.78, 5) is 0.698. The molecule has 1 aliphatic rings. The van der Waals surface area contributed by atoms with Crippen LogP contribution in [0.5, 0.6) is 0 Å². The van der Waals surface area contributed by atoms with Crippen LogP contribution in [0.1, 0.15) is 49.1 Å². The van der Waals surface area contributed by atoms with Gasteiger partial charge in [0.15, 0.2) is 0 Å². The van der Waals surface area contributed by atoms with Crippen LogP contribution >= 0.6 is 15.9 Å². The lowest BCUT2D eigenvalue weighted by molar-refractivity contribution is 0.545. The molecule has 1 saturated carbocycles. The third-order valence-corrected chi connectivity index (χ3v) is 4.03. The van der Waals surface area contributed by atoms with Crippen LogP contribution < -0.4 is 0 Å². The van der Waals surface area contributed by atoms with E-state index in [1.54, 1.807) is 0 Å². The van der Waals surface area contributed by atoms with E-state index < -0.39 is 0 Å². The maximum Gasteiger partial charge on any atom is 0.0940 e. The zero-order valence-corrected chi connectivity index (χ0v) is 10.2. The van der Waals surface area contributed by atoms with E-state index in [-0.39, 0.29) is 0 Å². The van der Waals surface area contributed by atoms with Gasteiger partial charge in [-0.05, 0) is 43.2 Å². The third kappa shape index (κ3) is 2.22. The first kappa shape index (κ1) is 10.3. The Morgan fingerprint density at radius 2 is 2.07 bits per heavy atom. The van der Waals surface area contributed by atoms with Crippen LogP contribution in [0.25, 0.3) is 0 Å². The van der Waals surface area contributed by atoms with Crippen molar-refractivity contribution in [2.24, 2.45) is 0 Å². The molecular weight excluding hydrogens is 240 g/mol. The van der Waals surface area contributed by atoms with Gasteiger partial charge >= 0.3 is 0 Å². The van der Waals surface area contributed by atoms with E-state index >= 15 is 0 Å². The van der Waals surface area contributed by atoms with Crippen molar-refractivity contribution in [1.29, 1.82) is 0 Å². The number of halogens is 1. The molecule has 1 heterocycles. The standard InChI is InChI=1S/C12H17BrO/c1-9-7-14-8-12(9)10-4-2-3-5-11(13)6-10/h7-8,10-11H,2-6H2,1H3. The van der Waals surface area contributed by atoms with E-state index in [2.05, 4.69) is 22.9 Å². The number of furan rings is 1. The Bertz CT molecular complexity index is 292. The summed E-state index contributed by atoms with van der Waals surface area (Å²) in [6, 6.07) is 0. The Morgan fingerprint density at radius 3 is 2.79 bits per heavy atom. The van der Waals surface area contributed by atoms with Gasteiger partial charge in [-0.2, -0.15) is 0 Å². The molecule has 0 amide bonds. The molecular formula is C12H17BrO. The fourth-order valence-corrected chi connectivity index (χ4v) is 3.15. The first-order valence-electron chi connectivity index (χ1n) is 5.44. The molecule has 0 radical (unpaired) electrons. The highest BCUT2D eigenvalue weighted by Crippen LogP contribution is 2.36. The van der Waals surface area contributed by atoms with Gasteiger partial charge in [-0.3, -0.25) is 0 Å². The van der Waals surface area contributed by atoms with Gasteiger partial charge in [-0.1, -0.05) is 28.8 Å². The molecule has 2 atom stereocenters. The lowest BCUT2D eigenvalue weighted by Gasteiger charge is -2.15. The second-order valence-electron chi connectivity index (χ2n) is 4.32. The number of hydrogen-bond donors (Lipinski definition) is 0. The quantitative estimate of drug-likeness (QED) is 0.537. The van der Waals surface area contributed by atoms with Crippen molar-refractivity contribution in [3.8, 4) is 0 Å². The smallest absolute Gasteiger partial charge is 0.0940 e. The van der Waals surface area contributed by atoms with E-state index in [0.717, 1.165) is 0 Å². The Balaban J connectivity index is 2.13. The van der Waals surface area contributed by atoms with Gasteiger partial charge in [0.05, 0.1) is 12.5 Å². The summed E-state index contributed by atoms with van der Waals surface area (Å²) >= 11 is 3.76. The van der Waals surface area contributed by atoms with Gasteiger partial charge in [-0.25, -0.2) is 0 Å². The van der Waals surface area contributed by atoms with Crippen molar-refractivity contribution in [3.63, 3.8) is 0 Å². The molecule has 0 saturated heterocycles. The van der Waals surface area contributed by atoms with Gasteiger partial charge in [0, 0.05) is 4.83 Å². The van der Waals surface area contributed by atoms with E-state index in [0.29, 0.717) is 10.7 Å². The van der Waals surface area contributed by atoms with E-state index in [1.807, 2.05) is 12.5 Å². The Labute approximate surface area is 94.0 Å². The molecule has 1 aliphatic carbocycles. The van der Waals surface area contributed by atoms with Gasteiger partial charge in [0.25, 0.3) is 0 Å². The predicted molar refractivity (Wildman–Crippen MR) is 62.0 cm³/mol. The Morgan fingerprint density at radius 1 is 1.29 bits per heavy atom. The first-order chi connectivity index (χ1) is 6.77. The number of rotatable bonds is 1. The highest BCUT2D eigenvalue weighted by Gasteiger charge is 2.21. The molecule has 1 aromatic rings.